The lowest BCUT2D eigenvalue weighted by Crippen LogP contribution is -2.42. The van der Waals surface area contributed by atoms with E-state index in [2.05, 4.69) is 9.46 Å². The normalized spacial score (nSPS) is 14.3. The summed E-state index contributed by atoms with van der Waals surface area (Å²) in [5.41, 5.74) is 0.134. The maximum Gasteiger partial charge on any atom is 0.387 e. The first kappa shape index (κ1) is 22.0. The first-order chi connectivity index (χ1) is 11.6. The van der Waals surface area contributed by atoms with Crippen LogP contribution in [0.15, 0.2) is 18.2 Å². The van der Waals surface area contributed by atoms with Crippen LogP contribution in [0.1, 0.15) is 45.7 Å². The van der Waals surface area contributed by atoms with Gasteiger partial charge in [0.2, 0.25) is 0 Å². The van der Waals surface area contributed by atoms with Gasteiger partial charge in [0.1, 0.15) is 10.5 Å². The third-order valence-corrected chi connectivity index (χ3v) is 5.00. The predicted octanol–water partition coefficient (Wildman–Crippen LogP) is 3.99. The van der Waals surface area contributed by atoms with Crippen LogP contribution in [0.5, 0.6) is 5.75 Å². The fourth-order valence-electron chi connectivity index (χ4n) is 1.95. The Balaban J connectivity index is 3.24. The van der Waals surface area contributed by atoms with Crippen molar-refractivity contribution in [1.82, 2.24) is 4.72 Å². The van der Waals surface area contributed by atoms with Gasteiger partial charge in [-0.2, -0.15) is 8.78 Å². The van der Waals surface area contributed by atoms with Crippen molar-refractivity contribution >= 4 is 28.9 Å². The van der Waals surface area contributed by atoms with E-state index >= 15 is 0 Å². The number of carbonyl (C=O) groups is 1. The third-order valence-electron chi connectivity index (χ3n) is 3.06. The minimum atomic E-state index is -3.06. The van der Waals surface area contributed by atoms with Gasteiger partial charge in [-0.05, 0) is 39.8 Å². The number of nitrogens with one attached hydrogen (secondary N) is 1. The number of esters is 1. The number of rotatable bonds is 8. The second-order valence-electron chi connectivity index (χ2n) is 6.09. The highest BCUT2D eigenvalue weighted by molar-refractivity contribution is 7.90. The zero-order valence-corrected chi connectivity index (χ0v) is 16.0. The summed E-state index contributed by atoms with van der Waals surface area (Å²) in [7, 11) is 0. The summed E-state index contributed by atoms with van der Waals surface area (Å²) >= 11 is 4.57. The number of halogens is 3. The Labute approximate surface area is 154 Å². The molecule has 1 rings (SSSR count). The van der Waals surface area contributed by atoms with Gasteiger partial charge in [0, 0.05) is 21.9 Å². The lowest BCUT2D eigenvalue weighted by atomic mass is 10.0. The van der Waals surface area contributed by atoms with Gasteiger partial charge in [-0.15, -0.1) is 4.72 Å². The number of alkyl halides is 2. The summed E-state index contributed by atoms with van der Waals surface area (Å²) < 4.78 is 49.4. The lowest BCUT2D eigenvalue weighted by Gasteiger charge is -2.29. The Morgan fingerprint density at radius 3 is 2.56 bits per heavy atom. The van der Waals surface area contributed by atoms with Crippen LogP contribution in [0.3, 0.4) is 0 Å². The molecule has 5 nitrogen and oxygen atoms in total. The number of hydrogen-bond donors (Lipinski definition) is 1. The highest BCUT2D eigenvalue weighted by Crippen LogP contribution is 2.36. The number of benzene rings is 1. The molecule has 0 aliphatic carbocycles. The second kappa shape index (κ2) is 9.56. The van der Waals surface area contributed by atoms with Crippen molar-refractivity contribution in [3.05, 3.63) is 28.8 Å². The molecule has 25 heavy (non-hydrogen) atoms. The molecule has 1 unspecified atom stereocenters. The third kappa shape index (κ3) is 6.97. The molecule has 0 heterocycles. The first-order valence-corrected chi connectivity index (χ1v) is 9.16. The quantitative estimate of drug-likeness (QED) is 0.530. The Morgan fingerprint density at radius 2 is 2.04 bits per heavy atom. The Hall–Kier alpha value is -1.09. The predicted molar refractivity (Wildman–Crippen MR) is 93.1 cm³/mol. The van der Waals surface area contributed by atoms with E-state index in [-0.39, 0.29) is 29.4 Å². The SMILES string of the molecule is CCOC(=O)CC(N[S@@+]([O-])C(C)(C)C)c1c(Cl)cccc1OC(F)F. The zero-order valence-electron chi connectivity index (χ0n) is 14.5. The van der Waals surface area contributed by atoms with Gasteiger partial charge in [-0.3, -0.25) is 4.79 Å². The van der Waals surface area contributed by atoms with Crippen molar-refractivity contribution in [3.8, 4) is 5.75 Å². The molecule has 0 saturated carbocycles. The van der Waals surface area contributed by atoms with Crippen LogP contribution in [0, 0.1) is 0 Å². The van der Waals surface area contributed by atoms with Gasteiger partial charge in [0.25, 0.3) is 0 Å². The van der Waals surface area contributed by atoms with E-state index in [1.54, 1.807) is 27.7 Å². The van der Waals surface area contributed by atoms with E-state index in [0.29, 0.717) is 0 Å². The van der Waals surface area contributed by atoms with Gasteiger partial charge in [0.15, 0.2) is 0 Å². The fraction of sp³-hybridized carbons (Fsp3) is 0.562. The van der Waals surface area contributed by atoms with Crippen LogP contribution in [0.2, 0.25) is 5.02 Å². The molecule has 0 fully saturated rings. The van der Waals surface area contributed by atoms with E-state index in [1.807, 2.05) is 0 Å². The molecule has 0 bridgehead atoms. The molecule has 1 aromatic rings. The number of ether oxygens (including phenoxy) is 2. The van der Waals surface area contributed by atoms with Gasteiger partial charge in [-0.1, -0.05) is 17.7 Å². The molecule has 0 aromatic heterocycles. The van der Waals surface area contributed by atoms with Crippen LogP contribution >= 0.6 is 11.6 Å². The number of carbonyl (C=O) groups excluding carboxylic acids is 1. The number of hydrogen-bond acceptors (Lipinski definition) is 5. The monoisotopic (exact) mass is 397 g/mol. The molecule has 0 aliphatic heterocycles. The smallest absolute Gasteiger partial charge is 0.387 e. The van der Waals surface area contributed by atoms with Crippen LogP contribution in [0.4, 0.5) is 8.78 Å². The fourth-order valence-corrected chi connectivity index (χ4v) is 3.06. The van der Waals surface area contributed by atoms with Gasteiger partial charge >= 0.3 is 12.6 Å². The summed E-state index contributed by atoms with van der Waals surface area (Å²) in [5.74, 6) is -0.760. The molecule has 0 amide bonds. The standard InChI is InChI=1S/C16H22ClF2NO4S/c1-5-23-13(21)9-11(20-25(22)16(2,3)4)14-10(17)7-6-8-12(14)24-15(18)19/h6-8,11,15,20H,5,9H2,1-4H3/t11?,25-/m0/s1. The highest BCUT2D eigenvalue weighted by Gasteiger charge is 2.33. The Morgan fingerprint density at radius 1 is 1.40 bits per heavy atom. The summed E-state index contributed by atoms with van der Waals surface area (Å²) in [5, 5.41) is 0.117. The first-order valence-electron chi connectivity index (χ1n) is 7.63. The van der Waals surface area contributed by atoms with Crippen LogP contribution in [0.25, 0.3) is 0 Å². The maximum absolute atomic E-state index is 12.7. The van der Waals surface area contributed by atoms with E-state index in [1.165, 1.54) is 18.2 Å². The average Bonchev–Trinajstić information content (AvgIpc) is 2.45. The average molecular weight is 398 g/mol. The molecule has 0 spiro atoms. The van der Waals surface area contributed by atoms with Crippen molar-refractivity contribution < 1.29 is 27.6 Å². The molecule has 2 atom stereocenters. The summed E-state index contributed by atoms with van der Waals surface area (Å²) in [6.45, 7) is 3.96. The molecule has 1 aromatic carbocycles. The molecule has 142 valence electrons. The van der Waals surface area contributed by atoms with Crippen LogP contribution in [-0.2, 0) is 20.9 Å². The highest BCUT2D eigenvalue weighted by atomic mass is 35.5. The summed E-state index contributed by atoms with van der Waals surface area (Å²) in [6.07, 6.45) is -0.237. The van der Waals surface area contributed by atoms with Crippen LogP contribution < -0.4 is 9.46 Å². The topological polar surface area (TPSA) is 70.6 Å². The molecule has 0 radical (unpaired) electrons. The van der Waals surface area contributed by atoms with E-state index in [9.17, 15) is 18.1 Å². The largest absolute Gasteiger partial charge is 0.598 e. The van der Waals surface area contributed by atoms with Gasteiger partial charge < -0.3 is 14.0 Å². The van der Waals surface area contributed by atoms with Crippen molar-refractivity contribution in [2.75, 3.05) is 6.61 Å². The van der Waals surface area contributed by atoms with Crippen molar-refractivity contribution in [3.63, 3.8) is 0 Å². The van der Waals surface area contributed by atoms with Gasteiger partial charge in [-0.25, -0.2) is 0 Å². The van der Waals surface area contributed by atoms with E-state index < -0.39 is 34.7 Å². The minimum Gasteiger partial charge on any atom is -0.598 e. The molecular weight excluding hydrogens is 376 g/mol. The van der Waals surface area contributed by atoms with Crippen molar-refractivity contribution in [2.45, 2.75) is 51.5 Å². The van der Waals surface area contributed by atoms with E-state index in [4.69, 9.17) is 16.3 Å². The Bertz CT molecular complexity index is 584. The molecular formula is C16H22ClF2NO4S. The second-order valence-corrected chi connectivity index (χ2v) is 8.50. The molecule has 0 saturated heterocycles. The van der Waals surface area contributed by atoms with Crippen molar-refractivity contribution in [2.24, 2.45) is 0 Å². The Kier molecular flexibility index (Phi) is 8.40. The molecule has 9 heteroatoms. The van der Waals surface area contributed by atoms with Gasteiger partial charge in [0.05, 0.1) is 19.1 Å². The van der Waals surface area contributed by atoms with Crippen molar-refractivity contribution in [1.29, 1.82) is 0 Å². The van der Waals surface area contributed by atoms with E-state index in [0.717, 1.165) is 0 Å². The molecule has 1 N–H and O–H groups in total. The maximum atomic E-state index is 12.7. The minimum absolute atomic E-state index is 0.117. The molecule has 0 aliphatic rings. The zero-order chi connectivity index (χ0) is 19.2. The van der Waals surface area contributed by atoms with Crippen LogP contribution in [-0.4, -0.2) is 28.5 Å². The summed E-state index contributed by atoms with van der Waals surface area (Å²) in [4.78, 5) is 11.9. The lowest BCUT2D eigenvalue weighted by molar-refractivity contribution is -0.143. The summed E-state index contributed by atoms with van der Waals surface area (Å²) in [6, 6.07) is 3.33.